The third kappa shape index (κ3) is 3.01. The van der Waals surface area contributed by atoms with Gasteiger partial charge in [0.1, 0.15) is 11.7 Å². The van der Waals surface area contributed by atoms with Crippen molar-refractivity contribution < 1.29 is 4.39 Å². The van der Waals surface area contributed by atoms with Crippen molar-refractivity contribution in [3.63, 3.8) is 0 Å². The molecule has 3 nitrogen and oxygen atoms in total. The van der Waals surface area contributed by atoms with Gasteiger partial charge in [-0.25, -0.2) is 9.37 Å². The van der Waals surface area contributed by atoms with Crippen LogP contribution in [-0.2, 0) is 6.42 Å². The number of hydrogen-bond donors (Lipinski definition) is 0. The molecule has 0 fully saturated rings. The highest BCUT2D eigenvalue weighted by Gasteiger charge is 2.12. The van der Waals surface area contributed by atoms with Crippen LogP contribution in [0.5, 0.6) is 0 Å². The molecule has 22 heavy (non-hydrogen) atoms. The van der Waals surface area contributed by atoms with Crippen molar-refractivity contribution in [3.05, 3.63) is 57.1 Å². The van der Waals surface area contributed by atoms with Crippen molar-refractivity contribution >= 4 is 11.9 Å². The van der Waals surface area contributed by atoms with Crippen molar-refractivity contribution in [1.29, 1.82) is 0 Å². The van der Waals surface area contributed by atoms with Crippen molar-refractivity contribution in [1.82, 2.24) is 9.55 Å². The zero-order valence-corrected chi connectivity index (χ0v) is 13.3. The number of aromatic nitrogens is 2. The fourth-order valence-corrected chi connectivity index (χ4v) is 2.46. The molecule has 0 bridgehead atoms. The van der Waals surface area contributed by atoms with Gasteiger partial charge in [-0.3, -0.25) is 9.36 Å². The summed E-state index contributed by atoms with van der Waals surface area (Å²) >= 11 is 0. The van der Waals surface area contributed by atoms with Crippen LogP contribution in [0.3, 0.4) is 0 Å². The quantitative estimate of drug-likeness (QED) is 0.869. The maximum atomic E-state index is 14.2. The van der Waals surface area contributed by atoms with Gasteiger partial charge in [-0.1, -0.05) is 38.1 Å². The monoisotopic (exact) mass is 300 g/mol. The molecule has 1 heterocycles. The van der Waals surface area contributed by atoms with Crippen molar-refractivity contribution in [3.8, 4) is 5.69 Å². The summed E-state index contributed by atoms with van der Waals surface area (Å²) in [5.74, 6) is 0.248. The Kier molecular flexibility index (Phi) is 5.26. The Morgan fingerprint density at radius 2 is 1.95 bits per heavy atom. The summed E-state index contributed by atoms with van der Waals surface area (Å²) < 4.78 is 15.8. The van der Waals surface area contributed by atoms with Gasteiger partial charge in [0.15, 0.2) is 0 Å². The Morgan fingerprint density at radius 3 is 2.50 bits per heavy atom. The summed E-state index contributed by atoms with van der Waals surface area (Å²) in [7, 11) is 0. The second kappa shape index (κ2) is 7.16. The molecule has 0 radical (unpaired) electrons. The number of halogens is 1. The largest absolute Gasteiger partial charge is 0.268 e. The SMILES string of the molecule is C/C=c1/nc(CCC)n(-c2ccccc2)c(=O)/c1=C(\F)CC. The van der Waals surface area contributed by atoms with Crippen LogP contribution < -0.4 is 16.1 Å². The zero-order chi connectivity index (χ0) is 16.1. The maximum absolute atomic E-state index is 14.2. The first kappa shape index (κ1) is 16.1. The Labute approximate surface area is 129 Å². The van der Waals surface area contributed by atoms with Gasteiger partial charge in [0.05, 0.1) is 16.3 Å². The summed E-state index contributed by atoms with van der Waals surface area (Å²) in [6, 6.07) is 9.28. The molecule has 1 aromatic carbocycles. The summed E-state index contributed by atoms with van der Waals surface area (Å²) in [5, 5.41) is 0.508. The maximum Gasteiger partial charge on any atom is 0.268 e. The molecule has 0 N–H and O–H groups in total. The van der Waals surface area contributed by atoms with E-state index in [4.69, 9.17) is 0 Å². The molecule has 116 valence electrons. The van der Waals surface area contributed by atoms with Gasteiger partial charge in [0.2, 0.25) is 0 Å². The van der Waals surface area contributed by atoms with Crippen LogP contribution in [0.1, 0.15) is 39.4 Å². The zero-order valence-electron chi connectivity index (χ0n) is 13.3. The molecular weight excluding hydrogens is 279 g/mol. The number of aryl methyl sites for hydroxylation is 1. The molecule has 0 atom stereocenters. The van der Waals surface area contributed by atoms with E-state index in [0.717, 1.165) is 12.1 Å². The van der Waals surface area contributed by atoms with Gasteiger partial charge < -0.3 is 0 Å². The van der Waals surface area contributed by atoms with E-state index in [-0.39, 0.29) is 17.2 Å². The summed E-state index contributed by atoms with van der Waals surface area (Å²) in [6.45, 7) is 5.50. The second-order valence-electron chi connectivity index (χ2n) is 5.06. The van der Waals surface area contributed by atoms with E-state index in [2.05, 4.69) is 4.98 Å². The van der Waals surface area contributed by atoms with Crippen LogP contribution >= 0.6 is 0 Å². The standard InChI is InChI=1S/C18H21FN2O/c1-4-10-16-20-15(6-3)17(14(19)5-2)18(22)21(16)13-11-8-7-9-12-13/h6-9,11-12H,4-5,10H2,1-3H3/b15-6+,17-14-. The molecule has 2 aromatic rings. The van der Waals surface area contributed by atoms with Gasteiger partial charge in [-0.05, 0) is 31.9 Å². The smallest absolute Gasteiger partial charge is 0.268 e. The van der Waals surface area contributed by atoms with Crippen LogP contribution in [0.4, 0.5) is 4.39 Å². The second-order valence-corrected chi connectivity index (χ2v) is 5.06. The van der Waals surface area contributed by atoms with E-state index in [1.807, 2.05) is 37.3 Å². The first-order chi connectivity index (χ1) is 10.6. The molecule has 0 saturated carbocycles. The molecule has 4 heteroatoms. The Bertz CT molecular complexity index is 823. The molecular formula is C18H21FN2O. The molecule has 0 aliphatic carbocycles. The lowest BCUT2D eigenvalue weighted by molar-refractivity contribution is 0.692. The average molecular weight is 300 g/mol. The van der Waals surface area contributed by atoms with Crippen LogP contribution in [0.15, 0.2) is 35.1 Å². The van der Waals surface area contributed by atoms with Gasteiger partial charge in [0.25, 0.3) is 5.56 Å². The highest BCUT2D eigenvalue weighted by Crippen LogP contribution is 2.07. The van der Waals surface area contributed by atoms with Crippen LogP contribution in [-0.4, -0.2) is 9.55 Å². The number of hydrogen-bond acceptors (Lipinski definition) is 2. The molecule has 2 rings (SSSR count). The van der Waals surface area contributed by atoms with E-state index < -0.39 is 5.83 Å². The number of benzene rings is 1. The van der Waals surface area contributed by atoms with Crippen molar-refractivity contribution in [2.45, 2.75) is 40.0 Å². The van der Waals surface area contributed by atoms with Crippen LogP contribution in [0, 0.1) is 0 Å². The van der Waals surface area contributed by atoms with E-state index in [1.165, 1.54) is 4.57 Å². The predicted octanol–water partition coefficient (Wildman–Crippen LogP) is 2.47. The molecule has 0 unspecified atom stereocenters. The molecule has 0 aliphatic rings. The van der Waals surface area contributed by atoms with Crippen LogP contribution in [0.25, 0.3) is 17.6 Å². The minimum absolute atomic E-state index is 0.0775. The number of para-hydroxylation sites is 1. The average Bonchev–Trinajstić information content (AvgIpc) is 2.55. The highest BCUT2D eigenvalue weighted by molar-refractivity contribution is 5.39. The minimum atomic E-state index is -0.418. The summed E-state index contributed by atoms with van der Waals surface area (Å²) in [5.41, 5.74) is 0.383. The Morgan fingerprint density at radius 1 is 1.27 bits per heavy atom. The first-order valence-electron chi connectivity index (χ1n) is 7.66. The summed E-state index contributed by atoms with van der Waals surface area (Å²) in [6.07, 6.45) is 3.40. The van der Waals surface area contributed by atoms with Crippen molar-refractivity contribution in [2.24, 2.45) is 0 Å². The molecule has 0 amide bonds. The third-order valence-corrected chi connectivity index (χ3v) is 3.52. The fraction of sp³-hybridized carbons (Fsp3) is 0.333. The van der Waals surface area contributed by atoms with E-state index >= 15 is 0 Å². The third-order valence-electron chi connectivity index (χ3n) is 3.52. The lowest BCUT2D eigenvalue weighted by Gasteiger charge is -2.12. The van der Waals surface area contributed by atoms with Gasteiger partial charge in [0, 0.05) is 6.42 Å². The van der Waals surface area contributed by atoms with Gasteiger partial charge >= 0.3 is 0 Å². The highest BCUT2D eigenvalue weighted by atomic mass is 19.1. The van der Waals surface area contributed by atoms with Gasteiger partial charge in [-0.2, -0.15) is 0 Å². The minimum Gasteiger partial charge on any atom is -0.268 e. The normalized spacial score (nSPS) is 13.4. The molecule has 1 aromatic heterocycles. The lowest BCUT2D eigenvalue weighted by Crippen LogP contribution is -2.48. The number of nitrogens with zero attached hydrogens (tertiary/aromatic N) is 2. The lowest BCUT2D eigenvalue weighted by atomic mass is 10.2. The molecule has 0 spiro atoms. The molecule has 0 saturated heterocycles. The Hall–Kier alpha value is -2.23. The van der Waals surface area contributed by atoms with Gasteiger partial charge in [-0.15, -0.1) is 0 Å². The fourth-order valence-electron chi connectivity index (χ4n) is 2.46. The Balaban J connectivity index is 2.97. The molecule has 0 aliphatic heterocycles. The topological polar surface area (TPSA) is 34.9 Å². The van der Waals surface area contributed by atoms with Crippen molar-refractivity contribution in [2.75, 3.05) is 0 Å². The number of rotatable bonds is 4. The van der Waals surface area contributed by atoms with E-state index in [1.54, 1.807) is 19.9 Å². The summed E-state index contributed by atoms with van der Waals surface area (Å²) in [4.78, 5) is 17.4. The van der Waals surface area contributed by atoms with E-state index in [0.29, 0.717) is 17.6 Å². The van der Waals surface area contributed by atoms with E-state index in [9.17, 15) is 9.18 Å². The van der Waals surface area contributed by atoms with Crippen LogP contribution in [0.2, 0.25) is 0 Å². The predicted molar refractivity (Wildman–Crippen MR) is 88.0 cm³/mol. The first-order valence-corrected chi connectivity index (χ1v) is 7.66.